The lowest BCUT2D eigenvalue weighted by molar-refractivity contribution is -0.228. The highest BCUT2D eigenvalue weighted by Crippen LogP contribution is 2.52. The van der Waals surface area contributed by atoms with Crippen LogP contribution < -0.4 is 0 Å². The van der Waals surface area contributed by atoms with Crippen LogP contribution in [0.1, 0.15) is 74.1 Å². The van der Waals surface area contributed by atoms with Crippen LogP contribution in [-0.2, 0) is 33.5 Å². The van der Waals surface area contributed by atoms with Gasteiger partial charge in [-0.05, 0) is 87.0 Å². The number of rotatable bonds is 6. The number of fused-ring (bicyclic) bond motifs is 3. The fourth-order valence-corrected chi connectivity index (χ4v) is 7.25. The Balaban J connectivity index is 1.46. The molecule has 3 atom stereocenters. The summed E-state index contributed by atoms with van der Waals surface area (Å²) in [4.78, 5) is 27.1. The minimum Gasteiger partial charge on any atom is -0.481 e. The molecule has 5 rings (SSSR count). The number of benzene rings is 2. The van der Waals surface area contributed by atoms with Gasteiger partial charge in [0, 0.05) is 23.9 Å². The molecule has 210 valence electrons. The number of halogens is 4. The Hall–Kier alpha value is -2.90. The molecule has 2 aromatic rings. The summed E-state index contributed by atoms with van der Waals surface area (Å²) < 4.78 is 55.3. The normalized spacial score (nSPS) is 28.3. The zero-order chi connectivity index (χ0) is 28.0. The van der Waals surface area contributed by atoms with Crippen LogP contribution in [0.4, 0.5) is 17.6 Å². The number of carboxylic acid groups (broad SMARTS) is 1. The summed E-state index contributed by atoms with van der Waals surface area (Å²) in [5.41, 5.74) is -1.43. The Morgan fingerprint density at radius 2 is 1.64 bits per heavy atom. The van der Waals surface area contributed by atoms with Gasteiger partial charge in [-0.2, -0.15) is 13.2 Å². The Labute approximate surface area is 226 Å². The smallest absolute Gasteiger partial charge is 0.426 e. The van der Waals surface area contributed by atoms with Gasteiger partial charge < -0.3 is 10.0 Å². The molecule has 0 spiro atoms. The number of hydrogen-bond donors (Lipinski definition) is 1. The zero-order valence-corrected chi connectivity index (χ0v) is 22.1. The number of hydrogen-bond acceptors (Lipinski definition) is 2. The van der Waals surface area contributed by atoms with Crippen molar-refractivity contribution in [3.8, 4) is 0 Å². The van der Waals surface area contributed by atoms with Crippen molar-refractivity contribution in [2.75, 3.05) is 6.54 Å². The van der Waals surface area contributed by atoms with Gasteiger partial charge in [-0.3, -0.25) is 9.59 Å². The molecule has 1 amide bonds. The molecule has 3 aliphatic rings. The van der Waals surface area contributed by atoms with Gasteiger partial charge in [-0.1, -0.05) is 48.5 Å². The molecule has 0 radical (unpaired) electrons. The quantitative estimate of drug-likeness (QED) is 0.409. The lowest BCUT2D eigenvalue weighted by Gasteiger charge is -2.45. The molecule has 1 heterocycles. The molecular weight excluding hydrogens is 510 g/mol. The van der Waals surface area contributed by atoms with Crippen LogP contribution in [0.2, 0.25) is 0 Å². The minimum absolute atomic E-state index is 0.0684. The third-order valence-corrected chi connectivity index (χ3v) is 9.63. The average molecular weight is 546 g/mol. The Morgan fingerprint density at radius 1 is 0.974 bits per heavy atom. The standard InChI is InChI=1S/C31H35F4NO3/c1-29(32,31(33,34)35)24-12-13-25-23(19-24)11-14-26-30(25,16-15-20-5-3-2-4-6-20)17-18-36(26)27(37)21-7-9-22(10-8-21)28(38)39/h2-6,12-13,19,21-22,26H,7-11,14-18H2,1H3,(H,38,39). The molecule has 2 aromatic carbocycles. The number of carbonyl (C=O) groups excluding carboxylic acids is 1. The molecule has 0 aromatic heterocycles. The van der Waals surface area contributed by atoms with Crippen LogP contribution in [0.5, 0.6) is 0 Å². The van der Waals surface area contributed by atoms with E-state index < -0.39 is 29.1 Å². The van der Waals surface area contributed by atoms with Crippen molar-refractivity contribution in [2.45, 2.75) is 88.0 Å². The van der Waals surface area contributed by atoms with Crippen LogP contribution in [0.25, 0.3) is 0 Å². The second-order valence-corrected chi connectivity index (χ2v) is 11.7. The second kappa shape index (κ2) is 10.3. The predicted molar refractivity (Wildman–Crippen MR) is 139 cm³/mol. The van der Waals surface area contributed by atoms with Gasteiger partial charge in [0.25, 0.3) is 0 Å². The number of alkyl halides is 4. The third kappa shape index (κ3) is 4.95. The maximum absolute atomic E-state index is 14.9. The summed E-state index contributed by atoms with van der Waals surface area (Å²) in [6, 6.07) is 14.2. The van der Waals surface area contributed by atoms with E-state index in [-0.39, 0.29) is 23.4 Å². The first kappa shape index (κ1) is 27.7. The Bertz CT molecular complexity index is 1220. The van der Waals surface area contributed by atoms with Gasteiger partial charge in [0.15, 0.2) is 0 Å². The molecule has 1 aliphatic heterocycles. The Kier molecular flexibility index (Phi) is 7.27. The highest BCUT2D eigenvalue weighted by atomic mass is 19.4. The highest BCUT2D eigenvalue weighted by Gasteiger charge is 2.56. The van der Waals surface area contributed by atoms with Gasteiger partial charge in [0.2, 0.25) is 11.6 Å². The summed E-state index contributed by atoms with van der Waals surface area (Å²) in [5.74, 6) is -1.33. The molecule has 2 fully saturated rings. The lowest BCUT2D eigenvalue weighted by Crippen LogP contribution is -2.50. The van der Waals surface area contributed by atoms with E-state index in [9.17, 15) is 32.3 Å². The molecular formula is C31H35F4NO3. The number of amides is 1. The first-order chi connectivity index (χ1) is 18.4. The molecule has 3 unspecified atom stereocenters. The summed E-state index contributed by atoms with van der Waals surface area (Å²) in [6.07, 6.45) is 0.362. The Morgan fingerprint density at radius 3 is 2.28 bits per heavy atom. The fraction of sp³-hybridized carbons (Fsp3) is 0.548. The summed E-state index contributed by atoms with van der Waals surface area (Å²) >= 11 is 0. The van der Waals surface area contributed by atoms with E-state index in [2.05, 4.69) is 12.1 Å². The van der Waals surface area contributed by atoms with Crippen molar-refractivity contribution < 1.29 is 32.3 Å². The van der Waals surface area contributed by atoms with Gasteiger partial charge >= 0.3 is 12.1 Å². The van der Waals surface area contributed by atoms with Gasteiger partial charge in [0.05, 0.1) is 5.92 Å². The van der Waals surface area contributed by atoms with Crippen molar-refractivity contribution >= 4 is 11.9 Å². The van der Waals surface area contributed by atoms with E-state index in [1.807, 2.05) is 23.1 Å². The maximum Gasteiger partial charge on any atom is 0.426 e. The van der Waals surface area contributed by atoms with Crippen LogP contribution >= 0.6 is 0 Å². The topological polar surface area (TPSA) is 57.6 Å². The predicted octanol–water partition coefficient (Wildman–Crippen LogP) is 6.74. The number of carboxylic acids is 1. The number of nitrogens with zero attached hydrogens (tertiary/aromatic N) is 1. The first-order valence-corrected chi connectivity index (χ1v) is 13.9. The van der Waals surface area contributed by atoms with E-state index in [1.165, 1.54) is 12.1 Å². The summed E-state index contributed by atoms with van der Waals surface area (Å²) in [7, 11) is 0. The van der Waals surface area contributed by atoms with E-state index >= 15 is 0 Å². The van der Waals surface area contributed by atoms with Crippen LogP contribution in [0.3, 0.4) is 0 Å². The molecule has 0 bridgehead atoms. The molecule has 8 heteroatoms. The van der Waals surface area contributed by atoms with Crippen molar-refractivity contribution in [1.82, 2.24) is 4.90 Å². The molecule has 1 saturated carbocycles. The SMILES string of the molecule is CC(F)(c1ccc2c(c1)CCC1N(C(=O)C3CCC(C(=O)O)CC3)CCC21CCc1ccccc1)C(F)(F)F. The first-order valence-electron chi connectivity index (χ1n) is 13.9. The second-order valence-electron chi connectivity index (χ2n) is 11.7. The van der Waals surface area contributed by atoms with E-state index in [0.717, 1.165) is 29.5 Å². The monoisotopic (exact) mass is 545 g/mol. The zero-order valence-electron chi connectivity index (χ0n) is 22.1. The number of aliphatic carboxylic acids is 1. The van der Waals surface area contributed by atoms with Crippen molar-refractivity contribution in [2.24, 2.45) is 11.8 Å². The van der Waals surface area contributed by atoms with Gasteiger partial charge in [0.1, 0.15) is 0 Å². The van der Waals surface area contributed by atoms with Gasteiger partial charge in [-0.25, -0.2) is 4.39 Å². The van der Waals surface area contributed by atoms with Crippen LogP contribution in [0, 0.1) is 11.8 Å². The molecule has 2 aliphatic carbocycles. The maximum atomic E-state index is 14.9. The molecule has 1 saturated heterocycles. The van der Waals surface area contributed by atoms with E-state index in [1.54, 1.807) is 6.07 Å². The highest BCUT2D eigenvalue weighted by molar-refractivity contribution is 5.80. The summed E-state index contributed by atoms with van der Waals surface area (Å²) in [5, 5.41) is 9.34. The number of carbonyl (C=O) groups is 2. The fourth-order valence-electron chi connectivity index (χ4n) is 7.25. The molecule has 1 N–H and O–H groups in total. The van der Waals surface area contributed by atoms with Crippen molar-refractivity contribution in [3.05, 3.63) is 70.8 Å². The number of aryl methyl sites for hydroxylation is 2. The van der Waals surface area contributed by atoms with Crippen molar-refractivity contribution in [3.63, 3.8) is 0 Å². The van der Waals surface area contributed by atoms with Crippen LogP contribution in [-0.4, -0.2) is 40.6 Å². The minimum atomic E-state index is -5.01. The largest absolute Gasteiger partial charge is 0.481 e. The van der Waals surface area contributed by atoms with E-state index in [4.69, 9.17) is 0 Å². The lowest BCUT2D eigenvalue weighted by atomic mass is 9.63. The molecule has 4 nitrogen and oxygen atoms in total. The van der Waals surface area contributed by atoms with E-state index in [0.29, 0.717) is 58.4 Å². The number of likely N-dealkylation sites (tertiary alicyclic amines) is 1. The third-order valence-electron chi connectivity index (χ3n) is 9.63. The summed E-state index contributed by atoms with van der Waals surface area (Å²) in [6.45, 7) is 1.13. The van der Waals surface area contributed by atoms with Crippen molar-refractivity contribution in [1.29, 1.82) is 0 Å². The van der Waals surface area contributed by atoms with Gasteiger partial charge in [-0.15, -0.1) is 0 Å². The molecule has 39 heavy (non-hydrogen) atoms. The van der Waals surface area contributed by atoms with Crippen LogP contribution in [0.15, 0.2) is 48.5 Å². The average Bonchev–Trinajstić information content (AvgIpc) is 3.31.